The zero-order chi connectivity index (χ0) is 45.7. The van der Waals surface area contributed by atoms with E-state index >= 15 is 0 Å². The number of rotatable bonds is 18. The van der Waals surface area contributed by atoms with Gasteiger partial charge in [-0.05, 0) is 76.6 Å². The third kappa shape index (κ3) is 16.8. The van der Waals surface area contributed by atoms with E-state index in [2.05, 4.69) is 12.1 Å². The van der Waals surface area contributed by atoms with Gasteiger partial charge < -0.3 is 39.5 Å². The van der Waals surface area contributed by atoms with Gasteiger partial charge in [0.2, 0.25) is 0 Å². The van der Waals surface area contributed by atoms with Gasteiger partial charge in [-0.1, -0.05) is 0 Å². The maximum absolute atomic E-state index is 14.0. The summed E-state index contributed by atoms with van der Waals surface area (Å²) in [6.07, 6.45) is 2.59. The number of halogens is 4. The maximum atomic E-state index is 14.0. The molecule has 0 radical (unpaired) electrons. The molecule has 6 aromatic rings. The molecule has 13 heteroatoms. The molecule has 0 unspecified atom stereocenters. The number of aromatic nitrogens is 2. The summed E-state index contributed by atoms with van der Waals surface area (Å²) in [6, 6.07) is 33.6. The SMILES string of the molecule is COCCC(N)(CCOC)c1cc(C)n(Cc2ccc(F)[c-]c2F)c1C.COCCC(N)(CCOC)c1cc(C)n(Cc2ccc(F)[c-]c2F)c1C.[Ti+4].c1cc[cH-]c1.c1cc[cH-]c1. The largest absolute Gasteiger partial charge is 4.00 e. The summed E-state index contributed by atoms with van der Waals surface area (Å²) in [7, 11) is 6.59. The van der Waals surface area contributed by atoms with Crippen LogP contribution >= 0.6 is 0 Å². The van der Waals surface area contributed by atoms with Crippen molar-refractivity contribution in [2.24, 2.45) is 11.5 Å². The molecule has 2 heterocycles. The minimum Gasteiger partial charge on any atom is -0.385 e. The second-order valence-electron chi connectivity index (χ2n) is 15.2. The number of hydrogen-bond acceptors (Lipinski definition) is 6. The van der Waals surface area contributed by atoms with Gasteiger partial charge in [-0.3, -0.25) is 0 Å². The monoisotopic (exact) mass is 908 g/mol. The van der Waals surface area contributed by atoms with Crippen molar-refractivity contribution in [3.8, 4) is 0 Å². The number of methoxy groups -OCH3 is 4. The van der Waals surface area contributed by atoms with Crippen LogP contribution in [0.4, 0.5) is 17.6 Å². The molecule has 8 nitrogen and oxygen atoms in total. The Bertz CT molecular complexity index is 1950. The van der Waals surface area contributed by atoms with Crippen LogP contribution in [0, 0.1) is 63.1 Å². The van der Waals surface area contributed by atoms with Crippen molar-refractivity contribution in [3.63, 3.8) is 0 Å². The molecule has 4 aromatic carbocycles. The standard InChI is InChI=1S/2C20H27F2N2O2.2C5H5.Ti/c2*1-14-11-18(20(23,7-9-25-3)8-10-26-4)15(2)24(14)13-16-5-6-17(21)12-19(16)22;2*1-2-4-5-3-1;/h2*5-6,11H,7-10,13,23H2,1-4H3;2*1-5H;/q4*-1;+4. The number of ether oxygens (including phenoxy) is 4. The summed E-state index contributed by atoms with van der Waals surface area (Å²) in [5.74, 6) is -2.74. The van der Waals surface area contributed by atoms with Crippen molar-refractivity contribution in [2.75, 3.05) is 54.9 Å². The van der Waals surface area contributed by atoms with Crippen LogP contribution in [0.25, 0.3) is 0 Å². The molecule has 63 heavy (non-hydrogen) atoms. The molecule has 0 saturated heterocycles. The molecule has 0 atom stereocenters. The molecular formula is C50H64F4N4O4Ti. The van der Waals surface area contributed by atoms with E-state index in [4.69, 9.17) is 30.4 Å². The van der Waals surface area contributed by atoms with Crippen molar-refractivity contribution < 1.29 is 58.2 Å². The molecule has 6 rings (SSSR count). The fourth-order valence-electron chi connectivity index (χ4n) is 7.20. The van der Waals surface area contributed by atoms with Gasteiger partial charge in [-0.2, -0.15) is 48.5 Å². The van der Waals surface area contributed by atoms with Crippen molar-refractivity contribution in [1.82, 2.24) is 9.13 Å². The van der Waals surface area contributed by atoms with Gasteiger partial charge in [0.05, 0.1) is 0 Å². The first-order chi connectivity index (χ1) is 29.6. The fourth-order valence-corrected chi connectivity index (χ4v) is 7.20. The van der Waals surface area contributed by atoms with Crippen LogP contribution in [-0.4, -0.2) is 64.0 Å². The van der Waals surface area contributed by atoms with E-state index in [0.29, 0.717) is 76.3 Å². The Morgan fingerprint density at radius 1 is 0.540 bits per heavy atom. The molecule has 0 fully saturated rings. The van der Waals surface area contributed by atoms with E-state index in [-0.39, 0.29) is 21.7 Å². The molecule has 0 aliphatic heterocycles. The summed E-state index contributed by atoms with van der Waals surface area (Å²) in [5.41, 5.74) is 18.8. The topological polar surface area (TPSA) is 98.8 Å². The minimum absolute atomic E-state index is 0. The molecule has 0 bridgehead atoms. The second-order valence-corrected chi connectivity index (χ2v) is 15.2. The number of nitrogens with two attached hydrogens (primary N) is 2. The van der Waals surface area contributed by atoms with E-state index in [1.54, 1.807) is 28.4 Å². The molecular weight excluding hydrogens is 844 g/mol. The van der Waals surface area contributed by atoms with Crippen LogP contribution in [0.1, 0.15) is 70.7 Å². The molecule has 0 saturated carbocycles. The van der Waals surface area contributed by atoms with Gasteiger partial charge >= 0.3 is 21.7 Å². The first-order valence-electron chi connectivity index (χ1n) is 20.6. The van der Waals surface area contributed by atoms with Gasteiger partial charge in [0.25, 0.3) is 0 Å². The van der Waals surface area contributed by atoms with Crippen molar-refractivity contribution >= 4 is 0 Å². The van der Waals surface area contributed by atoms with Crippen LogP contribution < -0.4 is 11.5 Å². The Labute approximate surface area is 387 Å². The Morgan fingerprint density at radius 2 is 0.841 bits per heavy atom. The smallest absolute Gasteiger partial charge is 0.385 e. The summed E-state index contributed by atoms with van der Waals surface area (Å²) in [6.45, 7) is 10.6. The molecule has 4 N–H and O–H groups in total. The number of nitrogens with zero attached hydrogens (tertiary/aromatic N) is 2. The predicted molar refractivity (Wildman–Crippen MR) is 238 cm³/mol. The van der Waals surface area contributed by atoms with Crippen LogP contribution in [-0.2, 0) is 64.8 Å². The van der Waals surface area contributed by atoms with E-state index in [9.17, 15) is 17.6 Å². The normalized spacial score (nSPS) is 11.1. The van der Waals surface area contributed by atoms with Crippen LogP contribution in [0.15, 0.2) is 97.1 Å². The van der Waals surface area contributed by atoms with E-state index < -0.39 is 34.3 Å². The average molecular weight is 909 g/mol. The number of aryl methyl sites for hydroxylation is 2. The third-order valence-corrected chi connectivity index (χ3v) is 10.9. The Balaban J connectivity index is 0.000000348. The first kappa shape index (κ1) is 55.0. The molecule has 2 aromatic heterocycles. The first-order valence-corrected chi connectivity index (χ1v) is 20.6. The van der Waals surface area contributed by atoms with Gasteiger partial charge in [0.15, 0.2) is 0 Å². The van der Waals surface area contributed by atoms with Gasteiger partial charge in [0.1, 0.15) is 0 Å². The Morgan fingerprint density at radius 3 is 1.08 bits per heavy atom. The quantitative estimate of drug-likeness (QED) is 0.0507. The molecule has 340 valence electrons. The summed E-state index contributed by atoms with van der Waals surface area (Å²) < 4.78 is 79.1. The Kier molecular flexibility index (Phi) is 24.4. The zero-order valence-corrected chi connectivity index (χ0v) is 39.6. The molecule has 0 aliphatic carbocycles. The predicted octanol–water partition coefficient (Wildman–Crippen LogP) is 9.73. The molecule has 0 amide bonds. The van der Waals surface area contributed by atoms with Crippen molar-refractivity contribution in [3.05, 3.63) is 177 Å². The van der Waals surface area contributed by atoms with Crippen LogP contribution in [0.5, 0.6) is 0 Å². The number of hydrogen-bond donors (Lipinski definition) is 2. The zero-order valence-electron chi connectivity index (χ0n) is 38.0. The van der Waals surface area contributed by atoms with Gasteiger partial charge in [-0.25, -0.2) is 41.8 Å². The van der Waals surface area contributed by atoms with Gasteiger partial charge in [-0.15, -0.1) is 35.4 Å². The minimum atomic E-state index is -0.701. The van der Waals surface area contributed by atoms with Gasteiger partial charge in [0, 0.05) is 125 Å². The molecule has 0 spiro atoms. The summed E-state index contributed by atoms with van der Waals surface area (Å²) in [4.78, 5) is 0. The summed E-state index contributed by atoms with van der Waals surface area (Å²) >= 11 is 0. The van der Waals surface area contributed by atoms with Crippen molar-refractivity contribution in [2.45, 2.75) is 77.5 Å². The van der Waals surface area contributed by atoms with Crippen LogP contribution in [0.2, 0.25) is 0 Å². The van der Waals surface area contributed by atoms with Crippen molar-refractivity contribution in [1.29, 1.82) is 0 Å². The van der Waals surface area contributed by atoms with E-state index in [1.807, 2.05) is 110 Å². The molecule has 0 aliphatic rings. The van der Waals surface area contributed by atoms with E-state index in [1.165, 1.54) is 24.3 Å². The fraction of sp³-hybridized carbons (Fsp3) is 0.400. The summed E-state index contributed by atoms with van der Waals surface area (Å²) in [5, 5.41) is 0. The third-order valence-electron chi connectivity index (χ3n) is 10.9. The Hall–Kier alpha value is -4.11. The van der Waals surface area contributed by atoms with E-state index in [0.717, 1.165) is 33.9 Å². The number of benzene rings is 2. The maximum Gasteiger partial charge on any atom is 4.00 e. The second kappa shape index (κ2) is 27.9. The van der Waals surface area contributed by atoms with Crippen LogP contribution in [0.3, 0.4) is 0 Å². The average Bonchev–Trinajstić information content (AvgIpc) is 4.11.